The van der Waals surface area contributed by atoms with Crippen molar-refractivity contribution >= 4 is 35.0 Å². The number of hydrogen-bond donors (Lipinski definition) is 0. The van der Waals surface area contributed by atoms with Crippen molar-refractivity contribution in [1.82, 2.24) is 4.57 Å². The first kappa shape index (κ1) is 29.4. The molecule has 2 aromatic carbocycles. The van der Waals surface area contributed by atoms with E-state index in [-0.39, 0.29) is 23.8 Å². The van der Waals surface area contributed by atoms with E-state index < -0.39 is 12.0 Å². The maximum absolute atomic E-state index is 14.0. The monoisotopic (exact) mass is 584 g/mol. The van der Waals surface area contributed by atoms with E-state index in [1.807, 2.05) is 26.8 Å². The first-order chi connectivity index (χ1) is 19.2. The molecule has 4 rings (SSSR count). The molecule has 40 heavy (non-hydrogen) atoms. The first-order valence-electron chi connectivity index (χ1n) is 13.1. The van der Waals surface area contributed by atoms with Gasteiger partial charge in [0.25, 0.3) is 5.56 Å². The van der Waals surface area contributed by atoms with Crippen LogP contribution in [0.2, 0.25) is 5.02 Å². The molecule has 1 aromatic heterocycles. The van der Waals surface area contributed by atoms with Gasteiger partial charge in [-0.15, -0.1) is 0 Å². The van der Waals surface area contributed by atoms with Gasteiger partial charge in [0.05, 0.1) is 48.3 Å². The standard InChI is InChI=1S/C30H33ClN2O6S/c1-7-13-38-22-12-10-21(31)14-20(22)16-25-28(34)33-27(19-9-11-23(39-17(3)4)24(15-19)36-6)26(29(35)37-8-2)18(5)32-30(33)40-25/h9-12,14-17,27H,7-8,13H2,1-6H3. The smallest absolute Gasteiger partial charge is 0.338 e. The van der Waals surface area contributed by atoms with Crippen LogP contribution < -0.4 is 29.1 Å². The van der Waals surface area contributed by atoms with Crippen molar-refractivity contribution in [3.63, 3.8) is 0 Å². The number of halogens is 1. The molecule has 1 aliphatic rings. The lowest BCUT2D eigenvalue weighted by Gasteiger charge is -2.25. The average molecular weight is 585 g/mol. The molecule has 0 fully saturated rings. The quantitative estimate of drug-likeness (QED) is 0.310. The topological polar surface area (TPSA) is 88.3 Å². The van der Waals surface area contributed by atoms with Gasteiger partial charge in [-0.3, -0.25) is 9.36 Å². The summed E-state index contributed by atoms with van der Waals surface area (Å²) in [6.07, 6.45) is 2.53. The minimum atomic E-state index is -0.783. The van der Waals surface area contributed by atoms with E-state index in [4.69, 9.17) is 30.5 Å². The Kier molecular flexibility index (Phi) is 9.37. The number of ether oxygens (including phenoxy) is 4. The molecule has 0 aliphatic carbocycles. The average Bonchev–Trinajstić information content (AvgIpc) is 3.21. The lowest BCUT2D eigenvalue weighted by molar-refractivity contribution is -0.139. The number of allylic oxidation sites excluding steroid dienone is 1. The summed E-state index contributed by atoms with van der Waals surface area (Å²) in [5.74, 6) is 1.15. The molecule has 0 N–H and O–H groups in total. The van der Waals surface area contributed by atoms with Crippen molar-refractivity contribution in [3.8, 4) is 17.2 Å². The Morgan fingerprint density at radius 3 is 2.58 bits per heavy atom. The van der Waals surface area contributed by atoms with Crippen LogP contribution in [-0.4, -0.2) is 37.0 Å². The summed E-state index contributed by atoms with van der Waals surface area (Å²) in [6, 6.07) is 9.91. The molecule has 0 bridgehead atoms. The second-order valence-corrected chi connectivity index (χ2v) is 10.9. The highest BCUT2D eigenvalue weighted by molar-refractivity contribution is 7.07. The summed E-state index contributed by atoms with van der Waals surface area (Å²) < 4.78 is 24.7. The van der Waals surface area contributed by atoms with Crippen LogP contribution in [0.4, 0.5) is 0 Å². The first-order valence-corrected chi connectivity index (χ1v) is 14.3. The normalized spacial score (nSPS) is 15.1. The Hall–Kier alpha value is -3.56. The number of methoxy groups -OCH3 is 1. The number of carbonyl (C=O) groups excluding carboxylic acids is 1. The molecule has 0 spiro atoms. The molecular formula is C30H33ClN2O6S. The van der Waals surface area contributed by atoms with Crippen LogP contribution in [0, 0.1) is 0 Å². The van der Waals surface area contributed by atoms with Gasteiger partial charge >= 0.3 is 5.97 Å². The zero-order valence-electron chi connectivity index (χ0n) is 23.4. The summed E-state index contributed by atoms with van der Waals surface area (Å²) in [7, 11) is 1.55. The van der Waals surface area contributed by atoms with Crippen molar-refractivity contribution < 1.29 is 23.7 Å². The third-order valence-corrected chi connectivity index (χ3v) is 7.32. The maximum atomic E-state index is 14.0. The fraction of sp³-hybridized carbons (Fsp3) is 0.367. The van der Waals surface area contributed by atoms with Crippen LogP contribution in [0.1, 0.15) is 58.2 Å². The van der Waals surface area contributed by atoms with E-state index in [0.717, 1.165) is 6.42 Å². The van der Waals surface area contributed by atoms with Crippen molar-refractivity contribution in [1.29, 1.82) is 0 Å². The lowest BCUT2D eigenvalue weighted by Crippen LogP contribution is -2.40. The van der Waals surface area contributed by atoms with E-state index in [2.05, 4.69) is 4.99 Å². The van der Waals surface area contributed by atoms with Gasteiger partial charge in [0.15, 0.2) is 16.3 Å². The summed E-state index contributed by atoms with van der Waals surface area (Å²) in [5.41, 5.74) is 1.81. The number of benzene rings is 2. The molecule has 212 valence electrons. The summed E-state index contributed by atoms with van der Waals surface area (Å²) in [5, 5.41) is 0.525. The Labute approximate surface area is 242 Å². The molecule has 1 unspecified atom stereocenters. The van der Waals surface area contributed by atoms with Gasteiger partial charge in [0.1, 0.15) is 5.75 Å². The molecule has 0 radical (unpaired) electrons. The second kappa shape index (κ2) is 12.7. The molecule has 1 aliphatic heterocycles. The van der Waals surface area contributed by atoms with Crippen molar-refractivity contribution in [2.45, 2.75) is 53.2 Å². The van der Waals surface area contributed by atoms with Gasteiger partial charge in [-0.1, -0.05) is 35.9 Å². The van der Waals surface area contributed by atoms with Crippen molar-refractivity contribution in [2.24, 2.45) is 4.99 Å². The number of thiazole rings is 1. The van der Waals surface area contributed by atoms with Crippen LogP contribution in [-0.2, 0) is 9.53 Å². The van der Waals surface area contributed by atoms with Gasteiger partial charge in [-0.25, -0.2) is 9.79 Å². The number of nitrogens with zero attached hydrogens (tertiary/aromatic N) is 2. The van der Waals surface area contributed by atoms with Crippen molar-refractivity contribution in [3.05, 3.63) is 83.5 Å². The van der Waals surface area contributed by atoms with Crippen molar-refractivity contribution in [2.75, 3.05) is 20.3 Å². The minimum Gasteiger partial charge on any atom is -0.493 e. The highest BCUT2D eigenvalue weighted by atomic mass is 35.5. The van der Waals surface area contributed by atoms with Crippen LogP contribution in [0.15, 0.2) is 57.5 Å². The largest absolute Gasteiger partial charge is 0.493 e. The zero-order valence-corrected chi connectivity index (χ0v) is 25.0. The van der Waals surface area contributed by atoms with Gasteiger partial charge in [0.2, 0.25) is 0 Å². The molecule has 8 nitrogen and oxygen atoms in total. The van der Waals surface area contributed by atoms with Crippen LogP contribution >= 0.6 is 22.9 Å². The number of rotatable bonds is 10. The highest BCUT2D eigenvalue weighted by Crippen LogP contribution is 2.36. The summed E-state index contributed by atoms with van der Waals surface area (Å²) in [6.45, 7) is 10.1. The fourth-order valence-corrected chi connectivity index (χ4v) is 5.65. The van der Waals surface area contributed by atoms with Gasteiger partial charge < -0.3 is 18.9 Å². The number of fused-ring (bicyclic) bond motifs is 1. The highest BCUT2D eigenvalue weighted by Gasteiger charge is 2.34. The Bertz CT molecular complexity index is 1620. The zero-order chi connectivity index (χ0) is 29.0. The number of esters is 1. The molecule has 2 heterocycles. The molecule has 3 aromatic rings. The molecule has 0 saturated heterocycles. The third kappa shape index (κ3) is 6.10. The second-order valence-electron chi connectivity index (χ2n) is 9.41. The minimum absolute atomic E-state index is 0.0626. The van der Waals surface area contributed by atoms with Crippen LogP contribution in [0.25, 0.3) is 6.08 Å². The number of aromatic nitrogens is 1. The van der Waals surface area contributed by atoms with E-state index >= 15 is 0 Å². The predicted octanol–water partition coefficient (Wildman–Crippen LogP) is 5.04. The van der Waals surface area contributed by atoms with E-state index in [9.17, 15) is 9.59 Å². The molecule has 0 saturated carbocycles. The van der Waals surface area contributed by atoms with Gasteiger partial charge in [-0.2, -0.15) is 0 Å². The number of carbonyl (C=O) groups is 1. The summed E-state index contributed by atoms with van der Waals surface area (Å²) >= 11 is 7.52. The van der Waals surface area contributed by atoms with Crippen LogP contribution in [0.3, 0.4) is 0 Å². The van der Waals surface area contributed by atoms with E-state index in [0.29, 0.717) is 55.0 Å². The molecule has 0 amide bonds. The maximum Gasteiger partial charge on any atom is 0.338 e. The third-order valence-electron chi connectivity index (χ3n) is 6.10. The SMILES string of the molecule is CCCOc1ccc(Cl)cc1C=c1sc2n(c1=O)C(c1ccc(OC(C)C)c(OC)c1)C(C(=O)OCC)=C(C)N=2. The summed E-state index contributed by atoms with van der Waals surface area (Å²) in [4.78, 5) is 32.3. The Balaban J connectivity index is 1.94. The Morgan fingerprint density at radius 2 is 1.90 bits per heavy atom. The Morgan fingerprint density at radius 1 is 1.15 bits per heavy atom. The number of hydrogen-bond acceptors (Lipinski definition) is 8. The predicted molar refractivity (Wildman–Crippen MR) is 156 cm³/mol. The van der Waals surface area contributed by atoms with Gasteiger partial charge in [0, 0.05) is 10.6 Å². The van der Waals surface area contributed by atoms with Crippen LogP contribution in [0.5, 0.6) is 17.2 Å². The molecule has 1 atom stereocenters. The molecule has 10 heteroatoms. The van der Waals surface area contributed by atoms with E-state index in [1.54, 1.807) is 57.4 Å². The fourth-order valence-electron chi connectivity index (χ4n) is 4.43. The lowest BCUT2D eigenvalue weighted by atomic mass is 9.95. The van der Waals surface area contributed by atoms with E-state index in [1.165, 1.54) is 15.9 Å². The molecular weight excluding hydrogens is 552 g/mol. The van der Waals surface area contributed by atoms with Gasteiger partial charge in [-0.05, 0) is 76.1 Å².